The van der Waals surface area contributed by atoms with E-state index in [1.54, 1.807) is 0 Å². The first-order valence-corrected chi connectivity index (χ1v) is 11.3. The quantitative estimate of drug-likeness (QED) is 0.602. The van der Waals surface area contributed by atoms with E-state index in [2.05, 4.69) is 50.8 Å². The molecule has 2 bridgehead atoms. The minimum Gasteiger partial charge on any atom is -0.369 e. The SMILES string of the molecule is CN1CCC(c2cccc(Nc3ncc(F)c(N[C@@H]4[C@H]5C=CC(C5)[C@@H]4C(N)=O)n3)c2)CC1. The van der Waals surface area contributed by atoms with Gasteiger partial charge in [0.2, 0.25) is 11.9 Å². The first-order chi connectivity index (χ1) is 15.5. The Hall–Kier alpha value is -3.00. The third kappa shape index (κ3) is 4.07. The van der Waals surface area contributed by atoms with Crippen molar-refractivity contribution < 1.29 is 9.18 Å². The van der Waals surface area contributed by atoms with Gasteiger partial charge in [-0.3, -0.25) is 4.79 Å². The number of amides is 1. The predicted octanol–water partition coefficient (Wildman–Crippen LogP) is 3.26. The highest BCUT2D eigenvalue weighted by Gasteiger charge is 2.47. The number of carbonyl (C=O) groups excluding carboxylic acids is 1. The van der Waals surface area contributed by atoms with Crippen LogP contribution in [0.15, 0.2) is 42.6 Å². The van der Waals surface area contributed by atoms with Crippen LogP contribution in [0.5, 0.6) is 0 Å². The van der Waals surface area contributed by atoms with Crippen LogP contribution in [0.1, 0.15) is 30.7 Å². The number of rotatable bonds is 6. The summed E-state index contributed by atoms with van der Waals surface area (Å²) in [6, 6.07) is 8.01. The van der Waals surface area contributed by atoms with Crippen molar-refractivity contribution in [2.75, 3.05) is 30.8 Å². The fourth-order valence-electron chi connectivity index (χ4n) is 5.43. The second kappa shape index (κ2) is 8.50. The lowest BCUT2D eigenvalue weighted by Gasteiger charge is -2.29. The van der Waals surface area contributed by atoms with Crippen molar-refractivity contribution in [3.63, 3.8) is 0 Å². The number of hydrogen-bond acceptors (Lipinski definition) is 6. The number of nitrogens with one attached hydrogen (secondary N) is 2. The topological polar surface area (TPSA) is 96.2 Å². The lowest BCUT2D eigenvalue weighted by atomic mass is 9.88. The molecule has 1 unspecified atom stereocenters. The van der Waals surface area contributed by atoms with Crippen molar-refractivity contribution in [2.24, 2.45) is 23.5 Å². The summed E-state index contributed by atoms with van der Waals surface area (Å²) in [6.07, 6.45) is 8.40. The molecule has 32 heavy (non-hydrogen) atoms. The van der Waals surface area contributed by atoms with Crippen LogP contribution in [-0.2, 0) is 4.79 Å². The highest BCUT2D eigenvalue weighted by atomic mass is 19.1. The summed E-state index contributed by atoms with van der Waals surface area (Å²) < 4.78 is 14.5. The molecule has 1 amide bonds. The molecule has 2 aliphatic carbocycles. The number of carbonyl (C=O) groups is 1. The molecule has 1 aliphatic heterocycles. The Morgan fingerprint density at radius 2 is 2.00 bits per heavy atom. The summed E-state index contributed by atoms with van der Waals surface area (Å²) >= 11 is 0. The minimum atomic E-state index is -0.550. The van der Waals surface area contributed by atoms with Crippen molar-refractivity contribution in [1.29, 1.82) is 0 Å². The molecule has 4 atom stereocenters. The minimum absolute atomic E-state index is 0.0890. The van der Waals surface area contributed by atoms with Crippen molar-refractivity contribution >= 4 is 23.4 Å². The van der Waals surface area contributed by atoms with E-state index in [0.29, 0.717) is 11.9 Å². The van der Waals surface area contributed by atoms with Crippen molar-refractivity contribution in [3.05, 3.63) is 54.0 Å². The average molecular weight is 437 g/mol. The number of primary amides is 1. The largest absolute Gasteiger partial charge is 0.369 e. The van der Waals surface area contributed by atoms with E-state index in [4.69, 9.17) is 5.73 Å². The Kier molecular flexibility index (Phi) is 5.55. The maximum Gasteiger partial charge on any atom is 0.229 e. The van der Waals surface area contributed by atoms with Crippen molar-refractivity contribution in [3.8, 4) is 0 Å². The molecule has 1 saturated carbocycles. The fraction of sp³-hybridized carbons (Fsp3) is 0.458. The number of allylic oxidation sites excluding steroid dienone is 1. The van der Waals surface area contributed by atoms with Crippen molar-refractivity contribution in [2.45, 2.75) is 31.2 Å². The fourth-order valence-corrected chi connectivity index (χ4v) is 5.43. The second-order valence-corrected chi connectivity index (χ2v) is 9.26. The van der Waals surface area contributed by atoms with Gasteiger partial charge >= 0.3 is 0 Å². The van der Waals surface area contributed by atoms with Crippen LogP contribution in [0.25, 0.3) is 0 Å². The molecule has 1 aromatic heterocycles. The molecule has 5 rings (SSSR count). The van der Waals surface area contributed by atoms with Gasteiger partial charge in [0, 0.05) is 11.7 Å². The molecule has 4 N–H and O–H groups in total. The summed E-state index contributed by atoms with van der Waals surface area (Å²) in [5.74, 6) is -0.0782. The highest BCUT2D eigenvalue weighted by molar-refractivity contribution is 5.79. The number of fused-ring (bicyclic) bond motifs is 2. The summed E-state index contributed by atoms with van der Waals surface area (Å²) in [5.41, 5.74) is 7.79. The molecule has 3 aliphatic rings. The third-order valence-electron chi connectivity index (χ3n) is 7.17. The Bertz CT molecular complexity index is 1030. The summed E-state index contributed by atoms with van der Waals surface area (Å²) in [6.45, 7) is 2.20. The number of likely N-dealkylation sites (tertiary alicyclic amines) is 1. The van der Waals surface area contributed by atoms with Gasteiger partial charge in [0.15, 0.2) is 11.6 Å². The van der Waals surface area contributed by atoms with E-state index >= 15 is 0 Å². The van der Waals surface area contributed by atoms with Gasteiger partial charge in [-0.25, -0.2) is 9.37 Å². The van der Waals surface area contributed by atoms with Gasteiger partial charge < -0.3 is 21.3 Å². The van der Waals surface area contributed by atoms with Crippen LogP contribution in [-0.4, -0.2) is 47.0 Å². The van der Waals surface area contributed by atoms with Crippen molar-refractivity contribution in [1.82, 2.24) is 14.9 Å². The number of nitrogens with two attached hydrogens (primary N) is 1. The van der Waals surface area contributed by atoms with Crippen LogP contribution in [0.3, 0.4) is 0 Å². The van der Waals surface area contributed by atoms with Crippen LogP contribution in [0.2, 0.25) is 0 Å². The van der Waals surface area contributed by atoms with Gasteiger partial charge in [-0.1, -0.05) is 24.3 Å². The molecule has 0 radical (unpaired) electrons. The first-order valence-electron chi connectivity index (χ1n) is 11.3. The van der Waals surface area contributed by atoms with Gasteiger partial charge in [-0.05, 0) is 74.8 Å². The molecule has 2 fully saturated rings. The van der Waals surface area contributed by atoms with Crippen LogP contribution in [0, 0.1) is 23.6 Å². The Morgan fingerprint density at radius 3 is 2.78 bits per heavy atom. The maximum atomic E-state index is 14.5. The number of halogens is 1. The molecular weight excluding hydrogens is 407 g/mol. The molecule has 168 valence electrons. The van der Waals surface area contributed by atoms with Gasteiger partial charge in [0.25, 0.3) is 0 Å². The van der Waals surface area contributed by atoms with Crippen LogP contribution < -0.4 is 16.4 Å². The van der Waals surface area contributed by atoms with E-state index in [1.165, 1.54) is 5.56 Å². The van der Waals surface area contributed by atoms with E-state index in [-0.39, 0.29) is 35.5 Å². The van der Waals surface area contributed by atoms with Crippen LogP contribution >= 0.6 is 0 Å². The van der Waals surface area contributed by atoms with Gasteiger partial charge in [-0.2, -0.15) is 4.98 Å². The second-order valence-electron chi connectivity index (χ2n) is 9.26. The van der Waals surface area contributed by atoms with E-state index in [0.717, 1.165) is 44.2 Å². The zero-order chi connectivity index (χ0) is 22.2. The molecule has 2 heterocycles. The summed E-state index contributed by atoms with van der Waals surface area (Å²) in [7, 11) is 2.16. The normalized spacial score (nSPS) is 27.6. The number of benzene rings is 1. The van der Waals surface area contributed by atoms with E-state index in [1.807, 2.05) is 18.2 Å². The Balaban J connectivity index is 1.32. The van der Waals surface area contributed by atoms with Gasteiger partial charge in [0.05, 0.1) is 12.1 Å². The molecule has 2 aromatic rings. The zero-order valence-electron chi connectivity index (χ0n) is 18.2. The van der Waals surface area contributed by atoms with E-state index in [9.17, 15) is 9.18 Å². The lowest BCUT2D eigenvalue weighted by Crippen LogP contribution is -2.41. The molecule has 7 nitrogen and oxygen atoms in total. The number of hydrogen-bond donors (Lipinski definition) is 3. The molecule has 8 heteroatoms. The molecule has 1 saturated heterocycles. The van der Waals surface area contributed by atoms with E-state index < -0.39 is 5.82 Å². The molecule has 0 spiro atoms. The molecular formula is C24H29FN6O. The summed E-state index contributed by atoms with van der Waals surface area (Å²) in [5, 5.41) is 6.35. The zero-order valence-corrected chi connectivity index (χ0v) is 18.2. The molecule has 1 aromatic carbocycles. The standard InChI is InChI=1S/C24H29FN6O/c1-31-9-7-14(8-10-31)15-3-2-4-18(12-15)28-24-27-13-19(25)23(30-24)29-21-17-6-5-16(11-17)20(21)22(26)32/h2-6,12-14,16-17,20-21H,7-11H2,1H3,(H2,26,32)(H2,27,28,29,30)/t16?,17-,20-,21+/m0/s1. The van der Waals surface area contributed by atoms with Gasteiger partial charge in [0.1, 0.15) is 0 Å². The van der Waals surface area contributed by atoms with Gasteiger partial charge in [-0.15, -0.1) is 0 Å². The number of piperidine rings is 1. The number of aromatic nitrogens is 2. The predicted molar refractivity (Wildman–Crippen MR) is 122 cm³/mol. The highest BCUT2D eigenvalue weighted by Crippen LogP contribution is 2.45. The smallest absolute Gasteiger partial charge is 0.229 e. The number of anilines is 3. The maximum absolute atomic E-state index is 14.5. The first kappa shape index (κ1) is 20.9. The lowest BCUT2D eigenvalue weighted by molar-refractivity contribution is -0.122. The summed E-state index contributed by atoms with van der Waals surface area (Å²) in [4.78, 5) is 22.8. The Morgan fingerprint density at radius 1 is 1.22 bits per heavy atom. The third-order valence-corrected chi connectivity index (χ3v) is 7.17. The monoisotopic (exact) mass is 436 g/mol. The average Bonchev–Trinajstić information content (AvgIpc) is 3.38. The van der Waals surface area contributed by atoms with Crippen LogP contribution in [0.4, 0.5) is 21.8 Å². The number of nitrogens with zero attached hydrogens (tertiary/aromatic N) is 3. The Labute approximate surface area is 187 Å².